The molecule has 2 aromatic heterocycles. The topological polar surface area (TPSA) is 50.7 Å². The summed E-state index contributed by atoms with van der Waals surface area (Å²) in [5, 5.41) is 8.01. The number of fused-ring (bicyclic) bond motifs is 1. The van der Waals surface area contributed by atoms with E-state index < -0.39 is 6.67 Å². The van der Waals surface area contributed by atoms with Gasteiger partial charge in [-0.25, -0.2) is 4.39 Å². The number of hydrogen-bond acceptors (Lipinski definition) is 2. The van der Waals surface area contributed by atoms with Crippen molar-refractivity contribution in [3.63, 3.8) is 0 Å². The quantitative estimate of drug-likeness (QED) is 0.783. The largest absolute Gasteiger partial charge is 0.278 e. The highest BCUT2D eigenvalue weighted by Gasteiger charge is 2.10. The van der Waals surface area contributed by atoms with E-state index in [4.69, 9.17) is 11.6 Å². The van der Waals surface area contributed by atoms with Gasteiger partial charge in [0.05, 0.1) is 16.1 Å². The van der Waals surface area contributed by atoms with Gasteiger partial charge >= 0.3 is 0 Å². The van der Waals surface area contributed by atoms with Crippen LogP contribution < -0.4 is 5.56 Å². The molecule has 96 valence electrons. The van der Waals surface area contributed by atoms with E-state index >= 15 is 0 Å². The average Bonchev–Trinajstić information content (AvgIpc) is 2.88. The number of halogens is 2. The van der Waals surface area contributed by atoms with Crippen LogP contribution in [0.2, 0.25) is 5.02 Å². The van der Waals surface area contributed by atoms with Crippen LogP contribution in [0.3, 0.4) is 0 Å². The summed E-state index contributed by atoms with van der Waals surface area (Å²) in [6.07, 6.45) is 1.60. The first-order valence-electron chi connectivity index (χ1n) is 5.61. The van der Waals surface area contributed by atoms with Gasteiger partial charge in [0.15, 0.2) is 5.82 Å². The third kappa shape index (κ3) is 1.92. The van der Waals surface area contributed by atoms with Gasteiger partial charge in [-0.15, -0.1) is 0 Å². The van der Waals surface area contributed by atoms with Crippen molar-refractivity contribution in [3.05, 3.63) is 57.6 Å². The summed E-state index contributed by atoms with van der Waals surface area (Å²) in [5.41, 5.74) is 0.0427. The van der Waals surface area contributed by atoms with E-state index in [1.54, 1.807) is 24.4 Å². The lowest BCUT2D eigenvalue weighted by atomic mass is 10.2. The number of H-pyrrole nitrogens is 1. The molecule has 0 atom stereocenters. The first-order valence-corrected chi connectivity index (χ1v) is 5.99. The molecule has 0 spiro atoms. The highest BCUT2D eigenvalue weighted by molar-refractivity contribution is 6.35. The lowest BCUT2D eigenvalue weighted by Crippen LogP contribution is -2.18. The predicted octanol–water partition coefficient (Wildman–Crippen LogP) is 2.84. The molecule has 0 unspecified atom stereocenters. The first kappa shape index (κ1) is 11.9. The minimum Gasteiger partial charge on any atom is -0.278 e. The summed E-state index contributed by atoms with van der Waals surface area (Å²) in [5.74, 6) is 0.347. The molecule has 0 bridgehead atoms. The van der Waals surface area contributed by atoms with Crippen molar-refractivity contribution in [2.24, 2.45) is 0 Å². The van der Waals surface area contributed by atoms with E-state index in [1.165, 1.54) is 10.6 Å². The van der Waals surface area contributed by atoms with Crippen LogP contribution in [-0.4, -0.2) is 14.8 Å². The van der Waals surface area contributed by atoms with Crippen molar-refractivity contribution in [3.8, 4) is 5.82 Å². The molecule has 3 aromatic rings. The van der Waals surface area contributed by atoms with E-state index in [1.807, 2.05) is 6.07 Å². The number of benzene rings is 1. The van der Waals surface area contributed by atoms with Crippen LogP contribution in [0.25, 0.3) is 16.6 Å². The van der Waals surface area contributed by atoms with Crippen LogP contribution in [0.15, 0.2) is 41.3 Å². The van der Waals surface area contributed by atoms with Crippen LogP contribution >= 0.6 is 11.6 Å². The summed E-state index contributed by atoms with van der Waals surface area (Å²) >= 11 is 6.05. The molecular formula is C13H9ClFN3O. The molecule has 0 aliphatic carbocycles. The maximum absolute atomic E-state index is 12.5. The van der Waals surface area contributed by atoms with Gasteiger partial charge in [0.2, 0.25) is 0 Å². The summed E-state index contributed by atoms with van der Waals surface area (Å²) in [6, 6.07) is 8.51. The first-order chi connectivity index (χ1) is 9.20. The molecular weight excluding hydrogens is 269 g/mol. The molecule has 19 heavy (non-hydrogen) atoms. The van der Waals surface area contributed by atoms with Crippen molar-refractivity contribution in [1.82, 2.24) is 14.8 Å². The summed E-state index contributed by atoms with van der Waals surface area (Å²) in [4.78, 5) is 12.4. The Labute approximate surface area is 112 Å². The fourth-order valence-corrected chi connectivity index (χ4v) is 2.23. The third-order valence-corrected chi connectivity index (χ3v) is 3.20. The second-order valence-corrected chi connectivity index (χ2v) is 4.49. The van der Waals surface area contributed by atoms with E-state index in [-0.39, 0.29) is 5.56 Å². The van der Waals surface area contributed by atoms with Gasteiger partial charge in [-0.2, -0.15) is 5.10 Å². The Bertz CT molecular complexity index is 809. The minimum absolute atomic E-state index is 0.278. The Balaban J connectivity index is 2.28. The predicted molar refractivity (Wildman–Crippen MR) is 71.5 cm³/mol. The van der Waals surface area contributed by atoms with Crippen LogP contribution in [-0.2, 0) is 6.67 Å². The molecule has 3 rings (SSSR count). The lowest BCUT2D eigenvalue weighted by Gasteiger charge is -2.04. The smallest absolute Gasteiger partial charge is 0.265 e. The number of aromatic amines is 1. The minimum atomic E-state index is -0.657. The number of pyridine rings is 1. The Kier molecular flexibility index (Phi) is 2.83. The van der Waals surface area contributed by atoms with Crippen molar-refractivity contribution >= 4 is 22.4 Å². The van der Waals surface area contributed by atoms with Crippen LogP contribution in [0.5, 0.6) is 0 Å². The molecule has 0 saturated heterocycles. The second-order valence-electron chi connectivity index (χ2n) is 4.08. The zero-order valence-corrected chi connectivity index (χ0v) is 10.5. The van der Waals surface area contributed by atoms with Gasteiger partial charge in [-0.05, 0) is 17.5 Å². The van der Waals surface area contributed by atoms with E-state index in [9.17, 15) is 9.18 Å². The molecule has 0 fully saturated rings. The Morgan fingerprint density at radius 3 is 2.95 bits per heavy atom. The van der Waals surface area contributed by atoms with Crippen LogP contribution in [0.4, 0.5) is 4.39 Å². The summed E-state index contributed by atoms with van der Waals surface area (Å²) < 4.78 is 13.8. The fraction of sp³-hybridized carbons (Fsp3) is 0.0769. The maximum atomic E-state index is 12.5. The normalized spacial score (nSPS) is 11.1. The Morgan fingerprint density at radius 1 is 1.37 bits per heavy atom. The summed E-state index contributed by atoms with van der Waals surface area (Å²) in [7, 11) is 0. The zero-order chi connectivity index (χ0) is 13.4. The number of nitrogens with zero attached hydrogens (tertiary/aromatic N) is 2. The van der Waals surface area contributed by atoms with Gasteiger partial charge in [0.25, 0.3) is 5.56 Å². The number of alkyl halides is 1. The van der Waals surface area contributed by atoms with Crippen LogP contribution in [0, 0.1) is 0 Å². The molecule has 0 amide bonds. The SMILES string of the molecule is O=c1c2c(Cl)cccc2ccn1-c1cc(CF)[nH]n1. The molecule has 1 aromatic carbocycles. The van der Waals surface area contributed by atoms with E-state index in [0.717, 1.165) is 5.39 Å². The van der Waals surface area contributed by atoms with Gasteiger partial charge in [-0.3, -0.25) is 14.5 Å². The van der Waals surface area contributed by atoms with Gasteiger partial charge in [0, 0.05) is 12.3 Å². The number of aromatic nitrogens is 3. The number of hydrogen-bond donors (Lipinski definition) is 1. The molecule has 0 aliphatic rings. The third-order valence-electron chi connectivity index (χ3n) is 2.89. The highest BCUT2D eigenvalue weighted by Crippen LogP contribution is 2.20. The van der Waals surface area contributed by atoms with Gasteiger partial charge in [-0.1, -0.05) is 23.7 Å². The van der Waals surface area contributed by atoms with E-state index in [2.05, 4.69) is 10.2 Å². The van der Waals surface area contributed by atoms with Crippen molar-refractivity contribution in [2.75, 3.05) is 0 Å². The molecule has 0 saturated carbocycles. The molecule has 0 aliphatic heterocycles. The van der Waals surface area contributed by atoms with Gasteiger partial charge in [0.1, 0.15) is 6.67 Å². The maximum Gasteiger partial charge on any atom is 0.265 e. The Hall–Kier alpha value is -2.14. The molecule has 0 radical (unpaired) electrons. The van der Waals surface area contributed by atoms with Crippen molar-refractivity contribution in [1.29, 1.82) is 0 Å². The molecule has 6 heteroatoms. The zero-order valence-electron chi connectivity index (χ0n) is 9.73. The molecule has 4 nitrogen and oxygen atoms in total. The fourth-order valence-electron chi connectivity index (χ4n) is 1.97. The molecule has 2 heterocycles. The standard InChI is InChI=1S/C13H9ClFN3O/c14-10-3-1-2-8-4-5-18(13(19)12(8)10)11-6-9(7-15)16-17-11/h1-6H,7H2,(H,16,17). The lowest BCUT2D eigenvalue weighted by molar-refractivity contribution is 0.475. The highest BCUT2D eigenvalue weighted by atomic mass is 35.5. The number of rotatable bonds is 2. The molecule has 1 N–H and O–H groups in total. The van der Waals surface area contributed by atoms with Crippen molar-refractivity contribution in [2.45, 2.75) is 6.67 Å². The number of nitrogens with one attached hydrogen (secondary N) is 1. The van der Waals surface area contributed by atoms with E-state index in [0.29, 0.717) is 21.9 Å². The monoisotopic (exact) mass is 277 g/mol. The average molecular weight is 278 g/mol. The Morgan fingerprint density at radius 2 is 2.21 bits per heavy atom. The summed E-state index contributed by atoms with van der Waals surface area (Å²) in [6.45, 7) is -0.657. The van der Waals surface area contributed by atoms with Gasteiger partial charge < -0.3 is 0 Å². The van der Waals surface area contributed by atoms with Crippen molar-refractivity contribution < 1.29 is 4.39 Å². The second kappa shape index (κ2) is 4.51. The van der Waals surface area contributed by atoms with Crippen LogP contribution in [0.1, 0.15) is 5.69 Å².